The van der Waals surface area contributed by atoms with Gasteiger partial charge < -0.3 is 4.74 Å². The summed E-state index contributed by atoms with van der Waals surface area (Å²) in [7, 11) is 1.17. The van der Waals surface area contributed by atoms with Crippen molar-refractivity contribution in [2.75, 3.05) is 7.11 Å². The number of hydrogen-bond donors (Lipinski definition) is 0. The minimum atomic E-state index is -4.53. The first-order chi connectivity index (χ1) is 7.70. The molecule has 1 heterocycles. The summed E-state index contributed by atoms with van der Waals surface area (Å²) in [5.74, 6) is -0.638. The lowest BCUT2D eigenvalue weighted by molar-refractivity contribution is -0.146. The van der Waals surface area contributed by atoms with Crippen molar-refractivity contribution in [1.29, 1.82) is 0 Å². The quantitative estimate of drug-likeness (QED) is 0.600. The van der Waals surface area contributed by atoms with E-state index in [0.29, 0.717) is 0 Å². The number of hydrogen-bond acceptors (Lipinski definition) is 3. The van der Waals surface area contributed by atoms with Gasteiger partial charge in [0.05, 0.1) is 16.4 Å². The van der Waals surface area contributed by atoms with Crippen LogP contribution in [0.4, 0.5) is 13.2 Å². The molecule has 0 amide bonds. The van der Waals surface area contributed by atoms with Crippen LogP contribution in [0.15, 0.2) is 0 Å². The number of halogens is 4. The second-order valence-electron chi connectivity index (χ2n) is 3.39. The molecule has 0 aromatic carbocycles. The highest BCUT2D eigenvalue weighted by Crippen LogP contribution is 2.34. The molecule has 1 aromatic rings. The molecule has 17 heavy (non-hydrogen) atoms. The van der Waals surface area contributed by atoms with Gasteiger partial charge in [-0.25, -0.2) is 4.79 Å². The molecule has 0 fully saturated rings. The van der Waals surface area contributed by atoms with Crippen molar-refractivity contribution in [2.24, 2.45) is 0 Å². The van der Waals surface area contributed by atoms with E-state index in [-0.39, 0.29) is 9.26 Å². The highest BCUT2D eigenvalue weighted by molar-refractivity contribution is 14.1. The van der Waals surface area contributed by atoms with E-state index in [9.17, 15) is 18.0 Å². The molecular weight excluding hydrogens is 352 g/mol. The summed E-state index contributed by atoms with van der Waals surface area (Å²) in [6, 6.07) is -0.885. The monoisotopic (exact) mass is 362 g/mol. The highest BCUT2D eigenvalue weighted by atomic mass is 127. The Morgan fingerprint density at radius 1 is 1.53 bits per heavy atom. The Hall–Kier alpha value is -0.800. The van der Waals surface area contributed by atoms with E-state index in [4.69, 9.17) is 0 Å². The zero-order valence-corrected chi connectivity index (χ0v) is 11.5. The van der Waals surface area contributed by atoms with Gasteiger partial charge >= 0.3 is 12.1 Å². The van der Waals surface area contributed by atoms with Crippen LogP contribution in [0.3, 0.4) is 0 Å². The Bertz CT molecular complexity index is 442. The lowest BCUT2D eigenvalue weighted by Gasteiger charge is -2.11. The fourth-order valence-corrected chi connectivity index (χ4v) is 1.99. The highest BCUT2D eigenvalue weighted by Gasteiger charge is 2.38. The number of esters is 1. The zero-order valence-electron chi connectivity index (χ0n) is 9.30. The van der Waals surface area contributed by atoms with Gasteiger partial charge in [-0.15, -0.1) is 0 Å². The number of carbonyl (C=O) groups is 1. The number of carbonyl (C=O) groups excluding carboxylic acids is 1. The molecule has 96 valence electrons. The van der Waals surface area contributed by atoms with Gasteiger partial charge in [0.1, 0.15) is 6.04 Å². The van der Waals surface area contributed by atoms with Gasteiger partial charge in [-0.2, -0.15) is 18.3 Å². The third-order valence-electron chi connectivity index (χ3n) is 2.25. The molecule has 1 unspecified atom stereocenters. The summed E-state index contributed by atoms with van der Waals surface area (Å²) >= 11 is 1.56. The molecule has 1 atom stereocenters. The van der Waals surface area contributed by atoms with Gasteiger partial charge in [-0.1, -0.05) is 0 Å². The van der Waals surface area contributed by atoms with Crippen molar-refractivity contribution < 1.29 is 22.7 Å². The first kappa shape index (κ1) is 14.3. The van der Waals surface area contributed by atoms with Gasteiger partial charge in [-0.05, 0) is 36.4 Å². The van der Waals surface area contributed by atoms with Crippen molar-refractivity contribution in [3.05, 3.63) is 15.0 Å². The third-order valence-corrected chi connectivity index (χ3v) is 3.55. The van der Waals surface area contributed by atoms with E-state index >= 15 is 0 Å². The number of nitrogens with zero attached hydrogens (tertiary/aromatic N) is 2. The zero-order chi connectivity index (χ0) is 13.4. The van der Waals surface area contributed by atoms with Gasteiger partial charge in [-0.3, -0.25) is 4.68 Å². The maximum atomic E-state index is 12.6. The summed E-state index contributed by atoms with van der Waals surface area (Å²) < 4.78 is 43.3. The summed E-state index contributed by atoms with van der Waals surface area (Å²) in [5, 5.41) is 3.43. The van der Waals surface area contributed by atoms with E-state index < -0.39 is 23.9 Å². The van der Waals surface area contributed by atoms with Crippen LogP contribution in [0.5, 0.6) is 0 Å². The van der Waals surface area contributed by atoms with Crippen molar-refractivity contribution in [1.82, 2.24) is 9.78 Å². The normalized spacial score (nSPS) is 13.6. The number of rotatable bonds is 2. The number of alkyl halides is 3. The van der Waals surface area contributed by atoms with E-state index in [1.165, 1.54) is 21.0 Å². The van der Waals surface area contributed by atoms with Crippen LogP contribution in [0.2, 0.25) is 0 Å². The second-order valence-corrected chi connectivity index (χ2v) is 4.47. The number of aromatic nitrogens is 2. The van der Waals surface area contributed by atoms with Gasteiger partial charge in [0.15, 0.2) is 5.69 Å². The number of ether oxygens (including phenoxy) is 1. The van der Waals surface area contributed by atoms with E-state index in [1.807, 2.05) is 0 Å². The molecule has 0 aliphatic heterocycles. The molecule has 0 bridgehead atoms. The minimum absolute atomic E-state index is 0.00847. The molecular formula is C9H10F3IN2O2. The Morgan fingerprint density at radius 2 is 2.06 bits per heavy atom. The standard InChI is InChI=1S/C9H10F3IN2O2/c1-4-6(13)7(9(10,11)12)14-15(4)5(2)8(16)17-3/h5H,1-3H3. The first-order valence-electron chi connectivity index (χ1n) is 4.59. The smallest absolute Gasteiger partial charge is 0.436 e. The van der Waals surface area contributed by atoms with Crippen LogP contribution >= 0.6 is 22.6 Å². The van der Waals surface area contributed by atoms with Crippen molar-refractivity contribution >= 4 is 28.6 Å². The SMILES string of the molecule is COC(=O)C(C)n1nc(C(F)(F)F)c(I)c1C. The maximum Gasteiger partial charge on any atom is 0.436 e. The molecule has 0 aliphatic carbocycles. The summed E-state index contributed by atoms with van der Waals surface area (Å²) in [6.07, 6.45) is -4.53. The summed E-state index contributed by atoms with van der Waals surface area (Å²) in [4.78, 5) is 11.3. The summed E-state index contributed by atoms with van der Waals surface area (Å²) in [6.45, 7) is 2.91. The first-order valence-corrected chi connectivity index (χ1v) is 5.67. The van der Waals surface area contributed by atoms with E-state index in [2.05, 4.69) is 9.84 Å². The molecule has 0 saturated heterocycles. The molecule has 0 radical (unpaired) electrons. The van der Waals surface area contributed by atoms with Crippen LogP contribution in [0.1, 0.15) is 24.4 Å². The lowest BCUT2D eigenvalue weighted by atomic mass is 10.3. The Balaban J connectivity index is 3.25. The van der Waals surface area contributed by atoms with Crippen LogP contribution in [0, 0.1) is 10.5 Å². The van der Waals surface area contributed by atoms with E-state index in [0.717, 1.165) is 4.68 Å². The topological polar surface area (TPSA) is 44.1 Å². The van der Waals surface area contributed by atoms with Crippen LogP contribution in [-0.4, -0.2) is 22.9 Å². The molecule has 4 nitrogen and oxygen atoms in total. The maximum absolute atomic E-state index is 12.6. The van der Waals surface area contributed by atoms with Crippen LogP contribution in [-0.2, 0) is 15.7 Å². The van der Waals surface area contributed by atoms with Crippen molar-refractivity contribution in [3.63, 3.8) is 0 Å². The third kappa shape index (κ3) is 2.72. The molecule has 0 N–H and O–H groups in total. The summed E-state index contributed by atoms with van der Waals surface area (Å²) in [5.41, 5.74) is -0.692. The van der Waals surface area contributed by atoms with Gasteiger partial charge in [0, 0.05) is 0 Å². The molecule has 8 heteroatoms. The Kier molecular flexibility index (Phi) is 4.05. The molecule has 0 saturated carbocycles. The van der Waals surface area contributed by atoms with Gasteiger partial charge in [0.25, 0.3) is 0 Å². The fourth-order valence-electron chi connectivity index (χ4n) is 1.33. The fraction of sp³-hybridized carbons (Fsp3) is 0.556. The number of methoxy groups -OCH3 is 1. The molecule has 0 spiro atoms. The minimum Gasteiger partial charge on any atom is -0.467 e. The van der Waals surface area contributed by atoms with Gasteiger partial charge in [0.2, 0.25) is 0 Å². The Morgan fingerprint density at radius 3 is 2.41 bits per heavy atom. The largest absolute Gasteiger partial charge is 0.467 e. The average Bonchev–Trinajstić information content (AvgIpc) is 2.53. The lowest BCUT2D eigenvalue weighted by Crippen LogP contribution is -2.20. The van der Waals surface area contributed by atoms with Crippen LogP contribution < -0.4 is 0 Å². The van der Waals surface area contributed by atoms with Crippen LogP contribution in [0.25, 0.3) is 0 Å². The Labute approximate surface area is 109 Å². The van der Waals surface area contributed by atoms with Crippen molar-refractivity contribution in [3.8, 4) is 0 Å². The predicted molar refractivity (Wildman–Crippen MR) is 61.4 cm³/mol. The molecule has 1 aromatic heterocycles. The second kappa shape index (κ2) is 4.83. The average molecular weight is 362 g/mol. The van der Waals surface area contributed by atoms with Crippen molar-refractivity contribution in [2.45, 2.75) is 26.1 Å². The molecule has 0 aliphatic rings. The molecule has 1 rings (SSSR count). The van der Waals surface area contributed by atoms with E-state index in [1.54, 1.807) is 22.6 Å². The predicted octanol–water partition coefficient (Wildman–Crippen LogP) is 2.55.